The third kappa shape index (κ3) is 4.42. The van der Waals surface area contributed by atoms with Crippen molar-refractivity contribution in [1.82, 2.24) is 9.62 Å². The van der Waals surface area contributed by atoms with Gasteiger partial charge in [-0.2, -0.15) is 0 Å². The lowest BCUT2D eigenvalue weighted by Crippen LogP contribution is -2.28. The number of halogens is 1. The Kier molecular flexibility index (Phi) is 5.66. The van der Waals surface area contributed by atoms with E-state index in [-0.39, 0.29) is 4.90 Å². The number of rotatable bonds is 8. The van der Waals surface area contributed by atoms with E-state index >= 15 is 0 Å². The van der Waals surface area contributed by atoms with E-state index in [1.807, 2.05) is 6.92 Å². The molecule has 1 aromatic carbocycles. The van der Waals surface area contributed by atoms with Gasteiger partial charge in [-0.1, -0.05) is 31.0 Å². The van der Waals surface area contributed by atoms with E-state index in [0.29, 0.717) is 24.2 Å². The van der Waals surface area contributed by atoms with E-state index in [0.717, 1.165) is 18.4 Å². The quantitative estimate of drug-likeness (QED) is 0.797. The van der Waals surface area contributed by atoms with Crippen LogP contribution >= 0.6 is 11.6 Å². The maximum absolute atomic E-state index is 12.4. The molecule has 21 heavy (non-hydrogen) atoms. The molecule has 0 aromatic heterocycles. The lowest BCUT2D eigenvalue weighted by atomic mass is 10.2. The number of nitrogens with one attached hydrogen (secondary N) is 1. The number of hydrogen-bond acceptors (Lipinski definition) is 3. The first-order valence-electron chi connectivity index (χ1n) is 7.43. The molecule has 4 nitrogen and oxygen atoms in total. The summed E-state index contributed by atoms with van der Waals surface area (Å²) in [5.41, 5.74) is 0.943. The Hall–Kier alpha value is -0.620. The predicted molar refractivity (Wildman–Crippen MR) is 86.0 cm³/mol. The molecule has 0 radical (unpaired) electrons. The first-order valence-corrected chi connectivity index (χ1v) is 9.25. The van der Waals surface area contributed by atoms with E-state index in [2.05, 4.69) is 5.32 Å². The summed E-state index contributed by atoms with van der Waals surface area (Å²) < 4.78 is 26.3. The van der Waals surface area contributed by atoms with Gasteiger partial charge in [0.25, 0.3) is 0 Å². The summed E-state index contributed by atoms with van der Waals surface area (Å²) in [7, 11) is -1.83. The van der Waals surface area contributed by atoms with Gasteiger partial charge in [0.15, 0.2) is 0 Å². The van der Waals surface area contributed by atoms with E-state index in [1.54, 1.807) is 25.2 Å². The fourth-order valence-corrected chi connectivity index (χ4v) is 3.60. The number of hydrogen-bond donors (Lipinski definition) is 1. The smallest absolute Gasteiger partial charge is 0.242 e. The molecule has 2 rings (SSSR count). The fourth-order valence-electron chi connectivity index (χ4n) is 2.05. The fraction of sp³-hybridized carbons (Fsp3) is 0.600. The minimum atomic E-state index is -3.44. The predicted octanol–water partition coefficient (Wildman–Crippen LogP) is 3.01. The van der Waals surface area contributed by atoms with Gasteiger partial charge in [-0.3, -0.25) is 0 Å². The van der Waals surface area contributed by atoms with Crippen molar-refractivity contribution in [3.63, 3.8) is 0 Å². The molecule has 1 aliphatic rings. The molecule has 1 N–H and O–H groups in total. The minimum absolute atomic E-state index is 0.265. The van der Waals surface area contributed by atoms with Gasteiger partial charge in [0.05, 0.1) is 4.90 Å². The van der Waals surface area contributed by atoms with Crippen molar-refractivity contribution in [3.8, 4) is 0 Å². The van der Waals surface area contributed by atoms with E-state index in [1.165, 1.54) is 17.1 Å². The van der Waals surface area contributed by atoms with Crippen LogP contribution in [0.5, 0.6) is 0 Å². The second-order valence-corrected chi connectivity index (χ2v) is 8.04. The normalized spacial score (nSPS) is 15.6. The Morgan fingerprint density at radius 2 is 2.10 bits per heavy atom. The van der Waals surface area contributed by atoms with Crippen LogP contribution < -0.4 is 5.32 Å². The van der Waals surface area contributed by atoms with Crippen LogP contribution in [0.2, 0.25) is 5.02 Å². The molecule has 0 atom stereocenters. The molecule has 1 fully saturated rings. The number of benzene rings is 1. The van der Waals surface area contributed by atoms with Crippen molar-refractivity contribution in [2.24, 2.45) is 0 Å². The summed E-state index contributed by atoms with van der Waals surface area (Å²) >= 11 is 6.23. The third-order valence-corrected chi connectivity index (χ3v) is 5.92. The van der Waals surface area contributed by atoms with Gasteiger partial charge in [0.1, 0.15) is 0 Å². The monoisotopic (exact) mass is 330 g/mol. The Morgan fingerprint density at radius 1 is 1.38 bits per heavy atom. The number of sulfonamides is 1. The molecule has 0 spiro atoms. The van der Waals surface area contributed by atoms with Gasteiger partial charge in [-0.15, -0.1) is 0 Å². The van der Waals surface area contributed by atoms with Crippen molar-refractivity contribution in [2.75, 3.05) is 13.6 Å². The van der Waals surface area contributed by atoms with Crippen molar-refractivity contribution in [1.29, 1.82) is 0 Å². The van der Waals surface area contributed by atoms with Gasteiger partial charge in [-0.05, 0) is 37.0 Å². The van der Waals surface area contributed by atoms with Crippen LogP contribution in [0.4, 0.5) is 0 Å². The van der Waals surface area contributed by atoms with Crippen LogP contribution in [0.25, 0.3) is 0 Å². The molecule has 0 aliphatic heterocycles. The summed E-state index contributed by atoms with van der Waals surface area (Å²) in [5.74, 6) is 0. The van der Waals surface area contributed by atoms with Gasteiger partial charge in [0.2, 0.25) is 10.0 Å². The first-order chi connectivity index (χ1) is 9.95. The summed E-state index contributed by atoms with van der Waals surface area (Å²) in [6.07, 6.45) is 4.25. The van der Waals surface area contributed by atoms with Crippen LogP contribution in [-0.4, -0.2) is 32.4 Å². The SMILES string of the molecule is CCCCN(C)S(=O)(=O)c1ccc(CNC2CC2)c(Cl)c1. The highest BCUT2D eigenvalue weighted by Crippen LogP contribution is 2.25. The standard InChI is InChI=1S/C15H23ClN2O2S/c1-3-4-9-18(2)21(19,20)14-8-5-12(15(16)10-14)11-17-13-6-7-13/h5,8,10,13,17H,3-4,6-7,9,11H2,1-2H3. The van der Waals surface area contributed by atoms with E-state index < -0.39 is 10.0 Å². The maximum atomic E-state index is 12.4. The third-order valence-electron chi connectivity index (χ3n) is 3.72. The van der Waals surface area contributed by atoms with Gasteiger partial charge in [0, 0.05) is 31.2 Å². The van der Waals surface area contributed by atoms with Crippen molar-refractivity contribution in [3.05, 3.63) is 28.8 Å². The van der Waals surface area contributed by atoms with E-state index in [4.69, 9.17) is 11.6 Å². The highest BCUT2D eigenvalue weighted by atomic mass is 35.5. The molecule has 0 bridgehead atoms. The molecule has 0 amide bonds. The summed E-state index contributed by atoms with van der Waals surface area (Å²) in [6, 6.07) is 5.61. The second kappa shape index (κ2) is 7.09. The Balaban J connectivity index is 2.10. The minimum Gasteiger partial charge on any atom is -0.310 e. The molecular formula is C15H23ClN2O2S. The number of unbranched alkanes of at least 4 members (excludes halogenated alkanes) is 1. The molecule has 0 saturated heterocycles. The molecule has 118 valence electrons. The Bertz CT molecular complexity index is 585. The first kappa shape index (κ1) is 16.7. The van der Waals surface area contributed by atoms with Crippen molar-refractivity contribution in [2.45, 2.75) is 50.1 Å². The van der Waals surface area contributed by atoms with Gasteiger partial charge < -0.3 is 5.32 Å². The van der Waals surface area contributed by atoms with Crippen LogP contribution in [0.1, 0.15) is 38.2 Å². The van der Waals surface area contributed by atoms with Gasteiger partial charge in [-0.25, -0.2) is 12.7 Å². The average Bonchev–Trinajstić information content (AvgIpc) is 3.27. The summed E-state index contributed by atoms with van der Waals surface area (Å²) in [5, 5.41) is 3.89. The maximum Gasteiger partial charge on any atom is 0.242 e. The highest BCUT2D eigenvalue weighted by molar-refractivity contribution is 7.89. The largest absolute Gasteiger partial charge is 0.310 e. The summed E-state index contributed by atoms with van der Waals surface area (Å²) in [4.78, 5) is 0.265. The lowest BCUT2D eigenvalue weighted by Gasteiger charge is -2.17. The zero-order chi connectivity index (χ0) is 15.5. The highest BCUT2D eigenvalue weighted by Gasteiger charge is 2.22. The average molecular weight is 331 g/mol. The van der Waals surface area contributed by atoms with Crippen molar-refractivity contribution >= 4 is 21.6 Å². The van der Waals surface area contributed by atoms with Crippen molar-refractivity contribution < 1.29 is 8.42 Å². The zero-order valence-electron chi connectivity index (χ0n) is 12.6. The zero-order valence-corrected chi connectivity index (χ0v) is 14.2. The molecule has 1 aliphatic carbocycles. The molecule has 0 heterocycles. The van der Waals surface area contributed by atoms with Crippen LogP contribution in [0, 0.1) is 0 Å². The second-order valence-electron chi connectivity index (χ2n) is 5.59. The van der Waals surface area contributed by atoms with Crippen LogP contribution in [-0.2, 0) is 16.6 Å². The molecule has 1 saturated carbocycles. The molecular weight excluding hydrogens is 308 g/mol. The number of nitrogens with zero attached hydrogens (tertiary/aromatic N) is 1. The lowest BCUT2D eigenvalue weighted by molar-refractivity contribution is 0.459. The van der Waals surface area contributed by atoms with E-state index in [9.17, 15) is 8.42 Å². The molecule has 6 heteroatoms. The Labute approximate surface area is 132 Å². The Morgan fingerprint density at radius 3 is 2.67 bits per heavy atom. The molecule has 1 aromatic rings. The van der Waals surface area contributed by atoms with Crippen LogP contribution in [0.3, 0.4) is 0 Å². The van der Waals surface area contributed by atoms with Crippen LogP contribution in [0.15, 0.2) is 23.1 Å². The topological polar surface area (TPSA) is 49.4 Å². The molecule has 0 unspecified atom stereocenters. The van der Waals surface area contributed by atoms with Gasteiger partial charge >= 0.3 is 0 Å². The summed E-state index contributed by atoms with van der Waals surface area (Å²) in [6.45, 7) is 3.26.